The number of hydrogen-bond acceptors (Lipinski definition) is 6. The molecule has 0 aliphatic carbocycles. The Morgan fingerprint density at radius 3 is 2.67 bits per heavy atom. The van der Waals surface area contributed by atoms with Gasteiger partial charge in [0.05, 0.1) is 27.8 Å². The minimum absolute atomic E-state index is 0.0207. The molecule has 0 aliphatic heterocycles. The molecule has 4 rings (SSSR count). The number of amides is 1. The van der Waals surface area contributed by atoms with Crippen molar-refractivity contribution in [3.8, 4) is 11.5 Å². The van der Waals surface area contributed by atoms with E-state index in [9.17, 15) is 9.59 Å². The normalized spacial score (nSPS) is 12.1. The summed E-state index contributed by atoms with van der Waals surface area (Å²) in [7, 11) is 1.52. The molecular formula is C28H25BrClIN4O4. The molecule has 39 heavy (non-hydrogen) atoms. The first-order valence-electron chi connectivity index (χ1n) is 12.0. The number of ether oxygens (including phenoxy) is 2. The van der Waals surface area contributed by atoms with Crippen molar-refractivity contribution >= 4 is 78.8 Å². The second-order valence-electron chi connectivity index (χ2n) is 8.68. The van der Waals surface area contributed by atoms with Gasteiger partial charge in [-0.25, -0.2) is 4.98 Å². The van der Waals surface area contributed by atoms with E-state index in [1.54, 1.807) is 42.6 Å². The first-order valence-corrected chi connectivity index (χ1v) is 14.3. The monoisotopic (exact) mass is 722 g/mol. The van der Waals surface area contributed by atoms with Gasteiger partial charge < -0.3 is 14.8 Å². The summed E-state index contributed by atoms with van der Waals surface area (Å²) in [6.45, 7) is 3.84. The molecule has 3 aromatic carbocycles. The molecule has 0 saturated heterocycles. The van der Waals surface area contributed by atoms with E-state index >= 15 is 0 Å². The average Bonchev–Trinajstić information content (AvgIpc) is 2.92. The number of nitrogens with zero attached hydrogens (tertiary/aromatic N) is 3. The molecule has 8 nitrogen and oxygen atoms in total. The molecule has 1 amide bonds. The van der Waals surface area contributed by atoms with Crippen LogP contribution in [-0.2, 0) is 4.79 Å². The number of halogens is 3. The van der Waals surface area contributed by atoms with E-state index in [4.69, 9.17) is 26.1 Å². The fourth-order valence-electron chi connectivity index (χ4n) is 3.73. The molecule has 0 saturated carbocycles. The summed E-state index contributed by atoms with van der Waals surface area (Å²) in [4.78, 5) is 30.5. The third-order valence-electron chi connectivity index (χ3n) is 5.94. The van der Waals surface area contributed by atoms with Crippen LogP contribution in [0, 0.1) is 3.57 Å². The molecule has 1 atom stereocenters. The van der Waals surface area contributed by atoms with E-state index in [2.05, 4.69) is 48.9 Å². The van der Waals surface area contributed by atoms with E-state index in [-0.39, 0.29) is 24.0 Å². The van der Waals surface area contributed by atoms with Gasteiger partial charge in [-0.3, -0.25) is 9.59 Å². The summed E-state index contributed by atoms with van der Waals surface area (Å²) < 4.78 is 14.2. The second-order valence-corrected chi connectivity index (χ2v) is 11.2. The Balaban J connectivity index is 1.60. The molecular weight excluding hydrogens is 699 g/mol. The maximum Gasteiger partial charge on any atom is 0.282 e. The van der Waals surface area contributed by atoms with Gasteiger partial charge in [0, 0.05) is 21.1 Å². The molecule has 0 radical (unpaired) electrons. The fourth-order valence-corrected chi connectivity index (χ4v) is 4.99. The molecule has 0 fully saturated rings. The van der Waals surface area contributed by atoms with Crippen LogP contribution in [0.1, 0.15) is 37.6 Å². The summed E-state index contributed by atoms with van der Waals surface area (Å²) in [6, 6.07) is 15.8. The van der Waals surface area contributed by atoms with E-state index in [0.29, 0.717) is 48.1 Å². The van der Waals surface area contributed by atoms with Crippen molar-refractivity contribution in [2.45, 2.75) is 26.2 Å². The van der Waals surface area contributed by atoms with Crippen LogP contribution in [0.4, 0.5) is 5.69 Å². The van der Waals surface area contributed by atoms with Gasteiger partial charge in [0.2, 0.25) is 0 Å². The highest BCUT2D eigenvalue weighted by atomic mass is 127. The smallest absolute Gasteiger partial charge is 0.282 e. The highest BCUT2D eigenvalue weighted by Crippen LogP contribution is 2.33. The van der Waals surface area contributed by atoms with Crippen LogP contribution in [0.2, 0.25) is 5.02 Å². The lowest BCUT2D eigenvalue weighted by Gasteiger charge is -2.15. The van der Waals surface area contributed by atoms with Crippen LogP contribution in [-0.4, -0.2) is 35.5 Å². The number of anilines is 1. The number of methoxy groups -OCH3 is 1. The summed E-state index contributed by atoms with van der Waals surface area (Å²) in [5.41, 5.74) is 1.68. The lowest BCUT2D eigenvalue weighted by molar-refractivity contribution is -0.118. The van der Waals surface area contributed by atoms with Crippen LogP contribution in [0.3, 0.4) is 0 Å². The van der Waals surface area contributed by atoms with Crippen molar-refractivity contribution in [2.24, 2.45) is 5.10 Å². The minimum atomic E-state index is -0.326. The molecule has 11 heteroatoms. The molecule has 202 valence electrons. The van der Waals surface area contributed by atoms with Gasteiger partial charge in [-0.2, -0.15) is 9.78 Å². The number of rotatable bonds is 9. The summed E-state index contributed by atoms with van der Waals surface area (Å²) in [6.07, 6.45) is 2.38. The van der Waals surface area contributed by atoms with Crippen molar-refractivity contribution in [1.29, 1.82) is 0 Å². The molecule has 0 aliphatic rings. The maximum absolute atomic E-state index is 13.4. The van der Waals surface area contributed by atoms with E-state index in [1.165, 1.54) is 11.8 Å². The third kappa shape index (κ3) is 6.98. The highest BCUT2D eigenvalue weighted by Gasteiger charge is 2.17. The van der Waals surface area contributed by atoms with Crippen LogP contribution < -0.4 is 20.3 Å². The number of benzene rings is 3. The van der Waals surface area contributed by atoms with E-state index in [0.717, 1.165) is 10.9 Å². The second kappa shape index (κ2) is 12.9. The van der Waals surface area contributed by atoms with Gasteiger partial charge in [0.25, 0.3) is 11.5 Å². The number of nitrogens with one attached hydrogen (secondary N) is 1. The summed E-state index contributed by atoms with van der Waals surface area (Å²) >= 11 is 11.4. The average molecular weight is 724 g/mol. The van der Waals surface area contributed by atoms with Crippen molar-refractivity contribution in [3.63, 3.8) is 0 Å². The molecule has 0 unspecified atom stereocenters. The van der Waals surface area contributed by atoms with Gasteiger partial charge in [0.1, 0.15) is 5.82 Å². The van der Waals surface area contributed by atoms with Gasteiger partial charge in [-0.1, -0.05) is 41.4 Å². The third-order valence-corrected chi connectivity index (χ3v) is 7.48. The standard InChI is InChI=1S/C28H25BrClIN4O4/c1-4-16(2)27-34-23-10-5-18(29)13-21(23)28(37)35(27)32-14-17-11-22(31)26(24(12-17)38-3)39-15-25(36)33-20-8-6-19(30)7-9-20/h5-14,16H,4,15H2,1-3H3,(H,33,36)/t16-/m1/s1. The summed E-state index contributed by atoms with van der Waals surface area (Å²) in [5, 5.41) is 8.34. The number of carbonyl (C=O) groups excluding carboxylic acids is 1. The molecule has 0 spiro atoms. The maximum atomic E-state index is 13.4. The van der Waals surface area contributed by atoms with Gasteiger partial charge in [0.15, 0.2) is 18.1 Å². The molecule has 1 heterocycles. The molecule has 4 aromatic rings. The van der Waals surface area contributed by atoms with Crippen molar-refractivity contribution < 1.29 is 14.3 Å². The van der Waals surface area contributed by atoms with Crippen molar-refractivity contribution in [1.82, 2.24) is 9.66 Å². The Hall–Kier alpha value is -2.96. The Morgan fingerprint density at radius 1 is 1.23 bits per heavy atom. The number of fused-ring (bicyclic) bond motifs is 1. The zero-order valence-corrected chi connectivity index (χ0v) is 25.9. The van der Waals surface area contributed by atoms with Gasteiger partial charge >= 0.3 is 0 Å². The quantitative estimate of drug-likeness (QED) is 0.151. The van der Waals surface area contributed by atoms with Crippen LogP contribution in [0.5, 0.6) is 11.5 Å². The SMILES string of the molecule is CC[C@@H](C)c1nc2ccc(Br)cc2c(=O)n1N=Cc1cc(I)c(OCC(=O)Nc2ccc(Cl)cc2)c(OC)c1. The largest absolute Gasteiger partial charge is 0.493 e. The summed E-state index contributed by atoms with van der Waals surface area (Å²) in [5.74, 6) is 1.14. The van der Waals surface area contributed by atoms with Crippen molar-refractivity contribution in [2.75, 3.05) is 19.0 Å². The number of aromatic nitrogens is 2. The first-order chi connectivity index (χ1) is 18.7. The van der Waals surface area contributed by atoms with Gasteiger partial charge in [-0.15, -0.1) is 0 Å². The topological polar surface area (TPSA) is 94.8 Å². The van der Waals surface area contributed by atoms with Crippen LogP contribution in [0.25, 0.3) is 10.9 Å². The number of hydrogen-bond donors (Lipinski definition) is 1. The Bertz CT molecular complexity index is 1610. The Kier molecular flexibility index (Phi) is 9.62. The fraction of sp³-hybridized carbons (Fsp3) is 0.214. The van der Waals surface area contributed by atoms with E-state index < -0.39 is 0 Å². The first kappa shape index (κ1) is 29.0. The van der Waals surface area contributed by atoms with Crippen molar-refractivity contribution in [3.05, 3.63) is 89.4 Å². The minimum Gasteiger partial charge on any atom is -0.493 e. The predicted octanol–water partition coefficient (Wildman–Crippen LogP) is 6.84. The van der Waals surface area contributed by atoms with Gasteiger partial charge in [-0.05, 0) is 89.2 Å². The number of carbonyl (C=O) groups is 1. The predicted molar refractivity (Wildman–Crippen MR) is 167 cm³/mol. The molecule has 1 N–H and O–H groups in total. The molecule has 1 aromatic heterocycles. The highest BCUT2D eigenvalue weighted by molar-refractivity contribution is 14.1. The van der Waals surface area contributed by atoms with Crippen LogP contribution in [0.15, 0.2) is 69.0 Å². The Morgan fingerprint density at radius 2 is 1.97 bits per heavy atom. The lowest BCUT2D eigenvalue weighted by Crippen LogP contribution is -2.23. The zero-order chi connectivity index (χ0) is 28.1. The molecule has 0 bridgehead atoms. The lowest BCUT2D eigenvalue weighted by atomic mass is 10.1. The van der Waals surface area contributed by atoms with E-state index in [1.807, 2.05) is 32.0 Å². The Labute approximate surface area is 252 Å². The zero-order valence-electron chi connectivity index (χ0n) is 21.4. The van der Waals surface area contributed by atoms with Crippen LogP contribution >= 0.6 is 50.1 Å².